The Hall–Kier alpha value is -1.02. The highest BCUT2D eigenvalue weighted by molar-refractivity contribution is 5.72. The van der Waals surface area contributed by atoms with Crippen molar-refractivity contribution in [3.8, 4) is 0 Å². The van der Waals surface area contributed by atoms with Gasteiger partial charge in [0.1, 0.15) is 18.3 Å². The predicted octanol–water partition coefficient (Wildman–Crippen LogP) is -1.25. The average Bonchev–Trinajstić information content (AvgIpc) is 2.42. The van der Waals surface area contributed by atoms with Crippen LogP contribution < -0.4 is 0 Å². The molecule has 0 unspecified atom stereocenters. The van der Waals surface area contributed by atoms with Crippen LogP contribution in [0.25, 0.3) is 0 Å². The normalized spacial score (nSPS) is 17.3. The number of unbranched alkanes of at least 4 members (excludes halogenated alkanes) is 2. The molecule has 19 heavy (non-hydrogen) atoms. The summed E-state index contributed by atoms with van der Waals surface area (Å²) in [6.07, 6.45) is -4.07. The van der Waals surface area contributed by atoms with Gasteiger partial charge in [0.25, 0.3) is 0 Å². The molecular weight excluding hydrogens is 256 g/mol. The van der Waals surface area contributed by atoms with E-state index in [4.69, 9.17) is 14.9 Å². The molecule has 0 saturated heterocycles. The Labute approximate surface area is 111 Å². The van der Waals surface area contributed by atoms with Gasteiger partial charge in [-0.15, -0.1) is 0 Å². The molecule has 0 amide bonds. The fourth-order valence-electron chi connectivity index (χ4n) is 1.44. The van der Waals surface area contributed by atoms with Gasteiger partial charge in [-0.05, 0) is 6.42 Å². The number of aliphatic hydroxyl groups excluding tert-OH is 4. The first-order chi connectivity index (χ1) is 8.97. The minimum atomic E-state index is -1.78. The molecule has 4 N–H and O–H groups in total. The molecule has 4 atom stereocenters. The molecule has 7 heteroatoms. The smallest absolute Gasteiger partial charge is 0.306 e. The van der Waals surface area contributed by atoms with E-state index in [1.807, 2.05) is 6.92 Å². The van der Waals surface area contributed by atoms with Crippen LogP contribution in [0.2, 0.25) is 0 Å². The number of carbonyl (C=O) groups excluding carboxylic acids is 2. The Kier molecular flexibility index (Phi) is 9.32. The summed E-state index contributed by atoms with van der Waals surface area (Å²) in [5.41, 5.74) is 0. The molecule has 0 spiro atoms. The largest absolute Gasteiger partial charge is 0.452 e. The Morgan fingerprint density at radius 1 is 1.21 bits per heavy atom. The van der Waals surface area contributed by atoms with E-state index in [2.05, 4.69) is 0 Å². The number of ether oxygens (including phenoxy) is 1. The van der Waals surface area contributed by atoms with Gasteiger partial charge >= 0.3 is 5.97 Å². The van der Waals surface area contributed by atoms with Crippen molar-refractivity contribution in [3.63, 3.8) is 0 Å². The van der Waals surface area contributed by atoms with Crippen molar-refractivity contribution >= 4 is 12.3 Å². The SMILES string of the molecule is CCCCCC(=O)O[C@@H](C=O)[C@@H](O)[C@H](O)[C@H](O)CO. The van der Waals surface area contributed by atoms with Crippen LogP contribution in [0.3, 0.4) is 0 Å². The van der Waals surface area contributed by atoms with E-state index in [1.165, 1.54) is 0 Å². The molecule has 0 aromatic rings. The second kappa shape index (κ2) is 9.85. The topological polar surface area (TPSA) is 124 Å². The molecule has 0 aromatic heterocycles. The van der Waals surface area contributed by atoms with Crippen LogP contribution in [0.1, 0.15) is 32.6 Å². The molecule has 0 aliphatic carbocycles. The monoisotopic (exact) mass is 278 g/mol. The zero-order valence-electron chi connectivity index (χ0n) is 10.9. The summed E-state index contributed by atoms with van der Waals surface area (Å²) in [5.74, 6) is -0.657. The van der Waals surface area contributed by atoms with E-state index >= 15 is 0 Å². The molecule has 0 aliphatic heterocycles. The van der Waals surface area contributed by atoms with Gasteiger partial charge in [0, 0.05) is 6.42 Å². The fourth-order valence-corrected chi connectivity index (χ4v) is 1.44. The lowest BCUT2D eigenvalue weighted by Gasteiger charge is -2.25. The third kappa shape index (κ3) is 6.63. The van der Waals surface area contributed by atoms with Gasteiger partial charge < -0.3 is 25.2 Å². The van der Waals surface area contributed by atoms with Gasteiger partial charge in [0.05, 0.1) is 6.61 Å². The highest BCUT2D eigenvalue weighted by Crippen LogP contribution is 2.09. The van der Waals surface area contributed by atoms with E-state index in [-0.39, 0.29) is 12.7 Å². The van der Waals surface area contributed by atoms with E-state index in [1.54, 1.807) is 0 Å². The third-order valence-corrected chi connectivity index (χ3v) is 2.65. The minimum absolute atomic E-state index is 0.115. The summed E-state index contributed by atoms with van der Waals surface area (Å²) in [6.45, 7) is 1.18. The molecular formula is C12H22O7. The number of rotatable bonds is 10. The summed E-state index contributed by atoms with van der Waals surface area (Å²) >= 11 is 0. The van der Waals surface area contributed by atoms with Gasteiger partial charge in [-0.3, -0.25) is 9.59 Å². The van der Waals surface area contributed by atoms with Crippen molar-refractivity contribution in [2.75, 3.05) is 6.61 Å². The van der Waals surface area contributed by atoms with Crippen LogP contribution in [0.4, 0.5) is 0 Å². The highest BCUT2D eigenvalue weighted by Gasteiger charge is 2.33. The molecule has 0 radical (unpaired) electrons. The average molecular weight is 278 g/mol. The van der Waals surface area contributed by atoms with Crippen LogP contribution in [0.5, 0.6) is 0 Å². The second-order valence-electron chi connectivity index (χ2n) is 4.28. The summed E-state index contributed by atoms with van der Waals surface area (Å²) in [5, 5.41) is 36.7. The summed E-state index contributed by atoms with van der Waals surface area (Å²) in [7, 11) is 0. The van der Waals surface area contributed by atoms with Crippen LogP contribution >= 0.6 is 0 Å². The standard InChI is InChI=1S/C12H22O7/c1-2-3-4-5-10(16)19-9(7-14)12(18)11(17)8(15)6-13/h7-9,11-13,15,17-18H,2-6H2,1H3/t8-,9+,11-,12-/m1/s1. The molecule has 0 heterocycles. The zero-order valence-corrected chi connectivity index (χ0v) is 10.9. The Bertz CT molecular complexity index is 269. The van der Waals surface area contributed by atoms with Crippen LogP contribution in [-0.4, -0.2) is 63.7 Å². The number of hydrogen-bond donors (Lipinski definition) is 4. The quantitative estimate of drug-likeness (QED) is 0.224. The molecule has 112 valence electrons. The molecule has 0 bridgehead atoms. The van der Waals surface area contributed by atoms with Gasteiger partial charge in [-0.25, -0.2) is 0 Å². The minimum Gasteiger partial charge on any atom is -0.452 e. The van der Waals surface area contributed by atoms with Crippen LogP contribution in [-0.2, 0) is 14.3 Å². The maximum atomic E-state index is 11.4. The number of aliphatic hydroxyl groups is 4. The van der Waals surface area contributed by atoms with Crippen molar-refractivity contribution in [2.24, 2.45) is 0 Å². The first-order valence-corrected chi connectivity index (χ1v) is 6.27. The Morgan fingerprint density at radius 2 is 1.84 bits per heavy atom. The lowest BCUT2D eigenvalue weighted by atomic mass is 10.0. The first kappa shape index (κ1) is 18.0. The summed E-state index contributed by atoms with van der Waals surface area (Å²) in [4.78, 5) is 22.1. The first-order valence-electron chi connectivity index (χ1n) is 6.27. The van der Waals surface area contributed by atoms with Crippen molar-refractivity contribution in [1.29, 1.82) is 0 Å². The molecule has 0 aromatic carbocycles. The van der Waals surface area contributed by atoms with E-state index in [0.717, 1.165) is 12.8 Å². The van der Waals surface area contributed by atoms with Crippen LogP contribution in [0, 0.1) is 0 Å². The molecule has 7 nitrogen and oxygen atoms in total. The van der Waals surface area contributed by atoms with Crippen LogP contribution in [0.15, 0.2) is 0 Å². The van der Waals surface area contributed by atoms with E-state index < -0.39 is 37.0 Å². The maximum absolute atomic E-state index is 11.4. The van der Waals surface area contributed by atoms with Gasteiger partial charge in [0.15, 0.2) is 12.4 Å². The predicted molar refractivity (Wildman–Crippen MR) is 65.2 cm³/mol. The van der Waals surface area contributed by atoms with Gasteiger partial charge in [0.2, 0.25) is 0 Å². The maximum Gasteiger partial charge on any atom is 0.306 e. The zero-order chi connectivity index (χ0) is 14.8. The van der Waals surface area contributed by atoms with Crippen molar-refractivity contribution in [1.82, 2.24) is 0 Å². The van der Waals surface area contributed by atoms with Crippen molar-refractivity contribution < 1.29 is 34.8 Å². The Morgan fingerprint density at radius 3 is 2.32 bits per heavy atom. The lowest BCUT2D eigenvalue weighted by molar-refractivity contribution is -0.168. The highest BCUT2D eigenvalue weighted by atomic mass is 16.6. The van der Waals surface area contributed by atoms with Gasteiger partial charge in [-0.1, -0.05) is 19.8 Å². The fraction of sp³-hybridized carbons (Fsp3) is 0.833. The third-order valence-electron chi connectivity index (χ3n) is 2.65. The lowest BCUT2D eigenvalue weighted by Crippen LogP contribution is -2.48. The number of aldehydes is 1. The molecule has 0 rings (SSSR count). The molecule has 0 saturated carbocycles. The summed E-state index contributed by atoms with van der Waals surface area (Å²) < 4.78 is 4.71. The Balaban J connectivity index is 4.32. The van der Waals surface area contributed by atoms with Crippen molar-refractivity contribution in [2.45, 2.75) is 57.0 Å². The molecule has 0 aliphatic rings. The summed E-state index contributed by atoms with van der Waals surface area (Å²) in [6, 6.07) is 0. The second-order valence-corrected chi connectivity index (χ2v) is 4.28. The van der Waals surface area contributed by atoms with E-state index in [9.17, 15) is 19.8 Å². The number of carbonyl (C=O) groups is 2. The van der Waals surface area contributed by atoms with Gasteiger partial charge in [-0.2, -0.15) is 0 Å². The molecule has 0 fully saturated rings. The number of esters is 1. The number of hydrogen-bond acceptors (Lipinski definition) is 7. The van der Waals surface area contributed by atoms with Crippen molar-refractivity contribution in [3.05, 3.63) is 0 Å². The van der Waals surface area contributed by atoms with E-state index in [0.29, 0.717) is 6.42 Å².